The van der Waals surface area contributed by atoms with Gasteiger partial charge in [-0.3, -0.25) is 14.3 Å². The van der Waals surface area contributed by atoms with E-state index in [9.17, 15) is 4.79 Å². The van der Waals surface area contributed by atoms with Crippen molar-refractivity contribution in [3.05, 3.63) is 61.0 Å². The molecule has 1 aromatic carbocycles. The van der Waals surface area contributed by atoms with Crippen LogP contribution in [0, 0.1) is 5.92 Å². The molecule has 4 rings (SSSR count). The summed E-state index contributed by atoms with van der Waals surface area (Å²) in [5.74, 6) is 1.56. The molecule has 0 bridgehead atoms. The molecule has 0 saturated carbocycles. The zero-order valence-electron chi connectivity index (χ0n) is 18.4. The van der Waals surface area contributed by atoms with Crippen LogP contribution in [-0.4, -0.2) is 48.7 Å². The molecule has 0 saturated heterocycles. The largest absolute Gasteiger partial charge is 0.497 e. The maximum absolute atomic E-state index is 12.7. The van der Waals surface area contributed by atoms with Crippen molar-refractivity contribution in [2.45, 2.75) is 25.0 Å². The van der Waals surface area contributed by atoms with E-state index in [1.54, 1.807) is 31.9 Å². The molecule has 0 aliphatic rings. The second kappa shape index (κ2) is 10.3. The average molecular weight is 466 g/mol. The van der Waals surface area contributed by atoms with Gasteiger partial charge in [0.2, 0.25) is 17.6 Å². The Labute approximate surface area is 194 Å². The highest BCUT2D eigenvalue weighted by Crippen LogP contribution is 2.25. The van der Waals surface area contributed by atoms with Gasteiger partial charge in [-0.25, -0.2) is 0 Å². The SMILES string of the molecule is COc1ccc(-n2cnnc2SCC(=O)NC(c2nc(-c3cccnc3)no2)C(C)C)cc1. The van der Waals surface area contributed by atoms with E-state index < -0.39 is 6.04 Å². The second-order valence-electron chi connectivity index (χ2n) is 7.46. The number of nitrogens with zero attached hydrogens (tertiary/aromatic N) is 6. The van der Waals surface area contributed by atoms with Crippen molar-refractivity contribution in [3.63, 3.8) is 0 Å². The first-order chi connectivity index (χ1) is 16.0. The molecule has 0 fully saturated rings. The summed E-state index contributed by atoms with van der Waals surface area (Å²) in [6.45, 7) is 3.96. The molecular weight excluding hydrogens is 442 g/mol. The zero-order chi connectivity index (χ0) is 23.2. The highest BCUT2D eigenvalue weighted by Gasteiger charge is 2.25. The Hall–Kier alpha value is -3.73. The number of thioether (sulfide) groups is 1. The van der Waals surface area contributed by atoms with Gasteiger partial charge in [0, 0.05) is 23.6 Å². The van der Waals surface area contributed by atoms with Gasteiger partial charge in [0.25, 0.3) is 0 Å². The third-order valence-electron chi connectivity index (χ3n) is 4.81. The van der Waals surface area contributed by atoms with E-state index in [0.717, 1.165) is 17.0 Å². The molecule has 170 valence electrons. The highest BCUT2D eigenvalue weighted by atomic mass is 32.2. The maximum Gasteiger partial charge on any atom is 0.249 e. The van der Waals surface area contributed by atoms with Crippen LogP contribution in [0.15, 0.2) is 64.8 Å². The standard InChI is InChI=1S/C22H23N7O3S/c1-14(2)19(21-26-20(28-32-21)15-5-4-10-23-11-15)25-18(30)12-33-22-27-24-13-29(22)16-6-8-17(31-3)9-7-16/h4-11,13-14,19H,12H2,1-3H3,(H,25,30). The Balaban J connectivity index is 1.41. The molecule has 10 nitrogen and oxygen atoms in total. The van der Waals surface area contributed by atoms with Gasteiger partial charge in [0.1, 0.15) is 18.1 Å². The lowest BCUT2D eigenvalue weighted by Crippen LogP contribution is -2.33. The molecule has 11 heteroatoms. The Morgan fingerprint density at radius 1 is 1.24 bits per heavy atom. The number of hydrogen-bond acceptors (Lipinski definition) is 9. The number of ether oxygens (including phenoxy) is 1. The summed E-state index contributed by atoms with van der Waals surface area (Å²) in [5.41, 5.74) is 1.62. The highest BCUT2D eigenvalue weighted by molar-refractivity contribution is 7.99. The van der Waals surface area contributed by atoms with Crippen LogP contribution in [0.2, 0.25) is 0 Å². The Kier molecular flexibility index (Phi) is 6.98. The third-order valence-corrected chi connectivity index (χ3v) is 5.75. The average Bonchev–Trinajstić information content (AvgIpc) is 3.52. The molecule has 4 aromatic rings. The van der Waals surface area contributed by atoms with Crippen LogP contribution in [0.1, 0.15) is 25.8 Å². The first kappa shape index (κ1) is 22.5. The number of rotatable bonds is 9. The molecule has 1 atom stereocenters. The molecule has 1 unspecified atom stereocenters. The van der Waals surface area contributed by atoms with Crippen LogP contribution in [0.4, 0.5) is 0 Å². The minimum absolute atomic E-state index is 0.0455. The Bertz CT molecular complexity index is 1190. The van der Waals surface area contributed by atoms with E-state index in [4.69, 9.17) is 9.26 Å². The minimum atomic E-state index is -0.421. The van der Waals surface area contributed by atoms with Crippen LogP contribution >= 0.6 is 11.8 Å². The lowest BCUT2D eigenvalue weighted by Gasteiger charge is -2.18. The number of hydrogen-bond donors (Lipinski definition) is 1. The zero-order valence-corrected chi connectivity index (χ0v) is 19.2. The van der Waals surface area contributed by atoms with Crippen molar-refractivity contribution in [3.8, 4) is 22.8 Å². The van der Waals surface area contributed by atoms with Gasteiger partial charge in [-0.15, -0.1) is 10.2 Å². The maximum atomic E-state index is 12.7. The van der Waals surface area contributed by atoms with E-state index in [2.05, 4.69) is 30.6 Å². The van der Waals surface area contributed by atoms with Crippen molar-refractivity contribution < 1.29 is 14.1 Å². The van der Waals surface area contributed by atoms with Crippen molar-refractivity contribution in [2.24, 2.45) is 5.92 Å². The Morgan fingerprint density at radius 2 is 2.06 bits per heavy atom. The second-order valence-corrected chi connectivity index (χ2v) is 8.40. The molecule has 0 spiro atoms. The van der Waals surface area contributed by atoms with Crippen molar-refractivity contribution in [1.82, 2.24) is 35.2 Å². The number of nitrogens with one attached hydrogen (secondary N) is 1. The number of amides is 1. The normalized spacial score (nSPS) is 12.0. The minimum Gasteiger partial charge on any atom is -0.497 e. The molecule has 1 N–H and O–H groups in total. The van der Waals surface area contributed by atoms with Gasteiger partial charge >= 0.3 is 0 Å². The topological polar surface area (TPSA) is 121 Å². The summed E-state index contributed by atoms with van der Waals surface area (Å²) in [7, 11) is 1.62. The molecule has 0 radical (unpaired) electrons. The summed E-state index contributed by atoms with van der Waals surface area (Å²) >= 11 is 1.29. The quantitative estimate of drug-likeness (QED) is 0.371. The molecule has 3 aromatic heterocycles. The van der Waals surface area contributed by atoms with Gasteiger partial charge in [-0.2, -0.15) is 4.98 Å². The molecule has 0 aliphatic carbocycles. The number of carbonyl (C=O) groups excluding carboxylic acids is 1. The fraction of sp³-hybridized carbons (Fsp3) is 0.273. The van der Waals surface area contributed by atoms with E-state index in [1.807, 2.05) is 48.7 Å². The predicted molar refractivity (Wildman–Crippen MR) is 122 cm³/mol. The predicted octanol–water partition coefficient (Wildman–Crippen LogP) is 3.33. The van der Waals surface area contributed by atoms with Crippen LogP contribution < -0.4 is 10.1 Å². The number of aromatic nitrogens is 6. The first-order valence-electron chi connectivity index (χ1n) is 10.3. The summed E-state index contributed by atoms with van der Waals surface area (Å²) in [5, 5.41) is 15.7. The number of pyridine rings is 1. The van der Waals surface area contributed by atoms with Gasteiger partial charge < -0.3 is 14.6 Å². The van der Waals surface area contributed by atoms with E-state index in [-0.39, 0.29) is 17.6 Å². The van der Waals surface area contributed by atoms with E-state index >= 15 is 0 Å². The van der Waals surface area contributed by atoms with Crippen molar-refractivity contribution >= 4 is 17.7 Å². The third kappa shape index (κ3) is 5.37. The number of benzene rings is 1. The fourth-order valence-corrected chi connectivity index (χ4v) is 3.82. The number of methoxy groups -OCH3 is 1. The summed E-state index contributed by atoms with van der Waals surface area (Å²) in [4.78, 5) is 21.3. The van der Waals surface area contributed by atoms with E-state index in [1.165, 1.54) is 11.8 Å². The van der Waals surface area contributed by atoms with Crippen LogP contribution in [0.25, 0.3) is 17.1 Å². The molecule has 3 heterocycles. The molecule has 0 aliphatic heterocycles. The van der Waals surface area contributed by atoms with Crippen molar-refractivity contribution in [1.29, 1.82) is 0 Å². The van der Waals surface area contributed by atoms with Crippen LogP contribution in [0.3, 0.4) is 0 Å². The molecule has 33 heavy (non-hydrogen) atoms. The number of carbonyl (C=O) groups is 1. The van der Waals surface area contributed by atoms with Crippen LogP contribution in [-0.2, 0) is 4.79 Å². The Morgan fingerprint density at radius 3 is 2.76 bits per heavy atom. The first-order valence-corrected chi connectivity index (χ1v) is 11.2. The summed E-state index contributed by atoms with van der Waals surface area (Å²) in [6.07, 6.45) is 4.94. The lowest BCUT2D eigenvalue weighted by molar-refractivity contribution is -0.119. The van der Waals surface area contributed by atoms with Gasteiger partial charge in [0.15, 0.2) is 5.16 Å². The van der Waals surface area contributed by atoms with E-state index in [0.29, 0.717) is 16.9 Å². The van der Waals surface area contributed by atoms with Crippen molar-refractivity contribution in [2.75, 3.05) is 12.9 Å². The van der Waals surface area contributed by atoms with Gasteiger partial charge in [-0.1, -0.05) is 30.8 Å². The summed E-state index contributed by atoms with van der Waals surface area (Å²) in [6, 6.07) is 10.7. The fourth-order valence-electron chi connectivity index (χ4n) is 3.08. The lowest BCUT2D eigenvalue weighted by atomic mass is 10.0. The van der Waals surface area contributed by atoms with Gasteiger partial charge in [-0.05, 0) is 42.3 Å². The summed E-state index contributed by atoms with van der Waals surface area (Å²) < 4.78 is 12.5. The van der Waals surface area contributed by atoms with Gasteiger partial charge in [0.05, 0.1) is 12.9 Å². The molecular formula is C22H23N7O3S. The van der Waals surface area contributed by atoms with Crippen LogP contribution in [0.5, 0.6) is 5.75 Å². The molecule has 1 amide bonds. The monoisotopic (exact) mass is 465 g/mol. The smallest absolute Gasteiger partial charge is 0.249 e.